The molecule has 1 aromatic carbocycles. The lowest BCUT2D eigenvalue weighted by molar-refractivity contribution is 0.817. The van der Waals surface area contributed by atoms with Gasteiger partial charge in [-0.05, 0) is 24.6 Å². The summed E-state index contributed by atoms with van der Waals surface area (Å²) in [5.74, 6) is 0. The van der Waals surface area contributed by atoms with E-state index in [1.807, 2.05) is 25.1 Å². The van der Waals surface area contributed by atoms with E-state index in [1.54, 1.807) is 5.51 Å². The van der Waals surface area contributed by atoms with E-state index >= 15 is 0 Å². The molecule has 84 valence electrons. The highest BCUT2D eigenvalue weighted by Gasteiger charge is 2.07. The number of aromatic nitrogens is 2. The zero-order valence-electron chi connectivity index (χ0n) is 8.55. The van der Waals surface area contributed by atoms with Crippen LogP contribution in [-0.2, 0) is 0 Å². The van der Waals surface area contributed by atoms with E-state index < -0.39 is 0 Å². The number of halogens is 1. The normalized spacial score (nSPS) is 12.7. The maximum absolute atomic E-state index is 6.17. The predicted molar refractivity (Wildman–Crippen MR) is 68.1 cm³/mol. The van der Waals surface area contributed by atoms with Crippen molar-refractivity contribution in [3.8, 4) is 0 Å². The van der Waals surface area contributed by atoms with Crippen LogP contribution in [0.25, 0.3) is 0 Å². The number of hydrogen-bond donors (Lipinski definition) is 1. The van der Waals surface area contributed by atoms with Crippen molar-refractivity contribution in [2.75, 3.05) is 0 Å². The fourth-order valence-corrected chi connectivity index (χ4v) is 2.93. The van der Waals surface area contributed by atoms with Gasteiger partial charge in [-0.25, -0.2) is 0 Å². The number of rotatable bonds is 3. The van der Waals surface area contributed by atoms with Gasteiger partial charge in [-0.15, -0.1) is 10.2 Å². The highest BCUT2D eigenvalue weighted by Crippen LogP contribution is 2.34. The molecule has 16 heavy (non-hydrogen) atoms. The van der Waals surface area contributed by atoms with Crippen molar-refractivity contribution in [1.29, 1.82) is 0 Å². The molecule has 3 nitrogen and oxygen atoms in total. The second-order valence-corrected chi connectivity index (χ2v) is 5.81. The van der Waals surface area contributed by atoms with Gasteiger partial charge in [0.25, 0.3) is 0 Å². The highest BCUT2D eigenvalue weighted by molar-refractivity contribution is 8.01. The van der Waals surface area contributed by atoms with Crippen molar-refractivity contribution in [2.24, 2.45) is 5.73 Å². The monoisotopic (exact) mass is 271 g/mol. The van der Waals surface area contributed by atoms with Crippen LogP contribution in [0.5, 0.6) is 0 Å². The topological polar surface area (TPSA) is 51.8 Å². The van der Waals surface area contributed by atoms with E-state index in [0.29, 0.717) is 5.02 Å². The Bertz CT molecular complexity index is 471. The summed E-state index contributed by atoms with van der Waals surface area (Å²) in [6, 6.07) is 5.85. The first-order valence-electron chi connectivity index (χ1n) is 4.66. The Morgan fingerprint density at radius 3 is 2.88 bits per heavy atom. The molecule has 6 heteroatoms. The van der Waals surface area contributed by atoms with Gasteiger partial charge in [-0.1, -0.05) is 40.8 Å². The van der Waals surface area contributed by atoms with Crippen LogP contribution >= 0.6 is 34.7 Å². The van der Waals surface area contributed by atoms with Crippen molar-refractivity contribution in [1.82, 2.24) is 10.2 Å². The third-order valence-corrected chi connectivity index (χ3v) is 4.30. The summed E-state index contributed by atoms with van der Waals surface area (Å²) in [7, 11) is 0. The summed E-state index contributed by atoms with van der Waals surface area (Å²) in [4.78, 5) is 0.975. The van der Waals surface area contributed by atoms with Gasteiger partial charge >= 0.3 is 0 Å². The first-order chi connectivity index (χ1) is 7.66. The van der Waals surface area contributed by atoms with Crippen LogP contribution in [0, 0.1) is 0 Å². The first kappa shape index (κ1) is 11.9. The predicted octanol–water partition coefficient (Wildman–Crippen LogP) is 3.36. The molecule has 1 heterocycles. The average molecular weight is 272 g/mol. The van der Waals surface area contributed by atoms with E-state index in [4.69, 9.17) is 17.3 Å². The lowest BCUT2D eigenvalue weighted by atomic mass is 10.1. The zero-order valence-corrected chi connectivity index (χ0v) is 10.9. The Morgan fingerprint density at radius 1 is 1.50 bits per heavy atom. The Labute approximate surface area is 107 Å². The lowest BCUT2D eigenvalue weighted by Gasteiger charge is -2.08. The summed E-state index contributed by atoms with van der Waals surface area (Å²) in [5.41, 5.74) is 8.52. The van der Waals surface area contributed by atoms with Gasteiger partial charge in [0.05, 0.1) is 5.02 Å². The molecule has 0 aliphatic rings. The van der Waals surface area contributed by atoms with Crippen LogP contribution in [0.1, 0.15) is 18.5 Å². The number of nitrogens with zero attached hydrogens (tertiary/aromatic N) is 2. The van der Waals surface area contributed by atoms with Gasteiger partial charge in [0.15, 0.2) is 4.34 Å². The zero-order chi connectivity index (χ0) is 11.5. The van der Waals surface area contributed by atoms with Crippen molar-refractivity contribution >= 4 is 34.7 Å². The van der Waals surface area contributed by atoms with Crippen molar-refractivity contribution < 1.29 is 0 Å². The van der Waals surface area contributed by atoms with E-state index in [-0.39, 0.29) is 6.04 Å². The minimum Gasteiger partial charge on any atom is -0.324 e. The molecule has 0 bridgehead atoms. The minimum absolute atomic E-state index is 0.00178. The second-order valence-electron chi connectivity index (χ2n) is 3.29. The molecule has 0 unspecified atom stereocenters. The number of nitrogens with two attached hydrogens (primary N) is 1. The van der Waals surface area contributed by atoms with E-state index in [1.165, 1.54) is 23.1 Å². The fraction of sp³-hybridized carbons (Fsp3) is 0.200. The van der Waals surface area contributed by atoms with Gasteiger partial charge < -0.3 is 5.73 Å². The van der Waals surface area contributed by atoms with E-state index in [2.05, 4.69) is 10.2 Å². The lowest BCUT2D eigenvalue weighted by Crippen LogP contribution is -2.04. The van der Waals surface area contributed by atoms with Crippen LogP contribution in [0.3, 0.4) is 0 Å². The van der Waals surface area contributed by atoms with Gasteiger partial charge in [0.1, 0.15) is 5.51 Å². The average Bonchev–Trinajstić information content (AvgIpc) is 2.73. The summed E-state index contributed by atoms with van der Waals surface area (Å²) < 4.78 is 0.885. The molecule has 2 aromatic rings. The SMILES string of the molecule is C[C@@H](N)c1ccc(Sc2nncs2)c(Cl)c1. The number of hydrogen-bond acceptors (Lipinski definition) is 5. The molecule has 0 spiro atoms. The van der Waals surface area contributed by atoms with Gasteiger partial charge in [-0.2, -0.15) is 0 Å². The van der Waals surface area contributed by atoms with E-state index in [0.717, 1.165) is 14.8 Å². The van der Waals surface area contributed by atoms with Gasteiger partial charge in [0, 0.05) is 10.9 Å². The number of benzene rings is 1. The molecule has 0 fully saturated rings. The third-order valence-electron chi connectivity index (χ3n) is 2.02. The standard InChI is InChI=1S/C10H10ClN3S2/c1-6(12)7-2-3-9(8(11)4-7)16-10-14-13-5-15-10/h2-6H,12H2,1H3/t6-/m1/s1. The fourth-order valence-electron chi connectivity index (χ4n) is 1.18. The van der Waals surface area contributed by atoms with Crippen LogP contribution in [0.4, 0.5) is 0 Å². The molecule has 0 radical (unpaired) electrons. The molecule has 0 saturated heterocycles. The smallest absolute Gasteiger partial charge is 0.178 e. The molecule has 1 aromatic heterocycles. The minimum atomic E-state index is -0.00178. The Hall–Kier alpha value is -0.620. The van der Waals surface area contributed by atoms with Crippen molar-refractivity contribution in [3.63, 3.8) is 0 Å². The van der Waals surface area contributed by atoms with Crippen LogP contribution in [0.2, 0.25) is 5.02 Å². The molecular formula is C10H10ClN3S2. The van der Waals surface area contributed by atoms with Gasteiger partial charge in [-0.3, -0.25) is 0 Å². The summed E-state index contributed by atoms with van der Waals surface area (Å²) in [5, 5.41) is 8.44. The van der Waals surface area contributed by atoms with Crippen LogP contribution in [-0.4, -0.2) is 10.2 Å². The molecule has 0 saturated carbocycles. The summed E-state index contributed by atoms with van der Waals surface area (Å²) >= 11 is 9.18. The molecular weight excluding hydrogens is 262 g/mol. The van der Waals surface area contributed by atoms with Crippen molar-refractivity contribution in [2.45, 2.75) is 22.2 Å². The Morgan fingerprint density at radius 2 is 2.31 bits per heavy atom. The van der Waals surface area contributed by atoms with Crippen LogP contribution < -0.4 is 5.73 Å². The molecule has 0 aliphatic heterocycles. The molecule has 2 rings (SSSR count). The van der Waals surface area contributed by atoms with Crippen molar-refractivity contribution in [3.05, 3.63) is 34.3 Å². The van der Waals surface area contributed by atoms with Crippen LogP contribution in [0.15, 0.2) is 32.9 Å². The second kappa shape index (κ2) is 5.14. The maximum atomic E-state index is 6.17. The first-order valence-corrected chi connectivity index (χ1v) is 6.73. The maximum Gasteiger partial charge on any atom is 0.178 e. The Balaban J connectivity index is 2.23. The third kappa shape index (κ3) is 2.74. The largest absolute Gasteiger partial charge is 0.324 e. The summed E-state index contributed by atoms with van der Waals surface area (Å²) in [6.45, 7) is 1.93. The molecule has 2 N–H and O–H groups in total. The quantitative estimate of drug-likeness (QED) is 0.930. The Kier molecular flexibility index (Phi) is 3.81. The summed E-state index contributed by atoms with van der Waals surface area (Å²) in [6.07, 6.45) is 0. The molecule has 0 aliphatic carbocycles. The van der Waals surface area contributed by atoms with Gasteiger partial charge in [0.2, 0.25) is 0 Å². The van der Waals surface area contributed by atoms with E-state index in [9.17, 15) is 0 Å². The highest BCUT2D eigenvalue weighted by atomic mass is 35.5. The molecule has 0 amide bonds. The molecule has 1 atom stereocenters.